The van der Waals surface area contributed by atoms with Gasteiger partial charge in [0.15, 0.2) is 0 Å². The summed E-state index contributed by atoms with van der Waals surface area (Å²) in [5.74, 6) is 0.343. The maximum atomic E-state index is 10.9. The number of imidazole rings is 1. The van der Waals surface area contributed by atoms with Crippen LogP contribution in [0.15, 0.2) is 85.0 Å². The lowest BCUT2D eigenvalue weighted by Crippen LogP contribution is -2.35. The van der Waals surface area contributed by atoms with Crippen LogP contribution in [0.25, 0.3) is 6.08 Å². The van der Waals surface area contributed by atoms with Crippen molar-refractivity contribution in [3.05, 3.63) is 96.1 Å². The summed E-state index contributed by atoms with van der Waals surface area (Å²) in [6.07, 6.45) is 20.5. The van der Waals surface area contributed by atoms with Crippen LogP contribution in [0.3, 0.4) is 0 Å². The number of allylic oxidation sites excluding steroid dienone is 5. The Hall–Kier alpha value is -2.65. The molecule has 1 heterocycles. The molecule has 3 heteroatoms. The molecule has 162 valence electrons. The third kappa shape index (κ3) is 8.00. The molecule has 0 spiro atoms. The Balaban J connectivity index is 0.000000318. The Morgan fingerprint density at radius 3 is 2.53 bits per heavy atom. The number of aromatic nitrogens is 2. The van der Waals surface area contributed by atoms with Gasteiger partial charge in [0.05, 0.1) is 12.9 Å². The summed E-state index contributed by atoms with van der Waals surface area (Å²) in [5.41, 5.74) is 2.79. The van der Waals surface area contributed by atoms with Crippen LogP contribution in [0.5, 0.6) is 0 Å². The SMILES string of the molecule is C/C=C\c1ccccc1C.CC.CCC(O)(Cn1ccnc1)C1=CC(C)C=CC=C1. The van der Waals surface area contributed by atoms with Gasteiger partial charge in [0.1, 0.15) is 5.60 Å². The largest absolute Gasteiger partial charge is 0.383 e. The fraction of sp³-hybridized carbons (Fsp3) is 0.370. The van der Waals surface area contributed by atoms with Crippen LogP contribution in [-0.2, 0) is 6.54 Å². The van der Waals surface area contributed by atoms with Crippen LogP contribution in [0.2, 0.25) is 0 Å². The lowest BCUT2D eigenvalue weighted by atomic mass is 9.88. The van der Waals surface area contributed by atoms with E-state index in [-0.39, 0.29) is 0 Å². The number of hydrogen-bond acceptors (Lipinski definition) is 2. The Labute approximate surface area is 183 Å². The quantitative estimate of drug-likeness (QED) is 0.595. The summed E-state index contributed by atoms with van der Waals surface area (Å²) >= 11 is 0. The van der Waals surface area contributed by atoms with Crippen molar-refractivity contribution in [1.29, 1.82) is 0 Å². The van der Waals surface area contributed by atoms with Gasteiger partial charge < -0.3 is 9.67 Å². The summed E-state index contributed by atoms with van der Waals surface area (Å²) in [6, 6.07) is 8.36. The fourth-order valence-electron chi connectivity index (χ4n) is 3.15. The molecule has 1 N–H and O–H groups in total. The number of nitrogens with zero attached hydrogens (tertiary/aromatic N) is 2. The molecule has 0 bridgehead atoms. The maximum Gasteiger partial charge on any atom is 0.107 e. The summed E-state index contributed by atoms with van der Waals surface area (Å²) in [4.78, 5) is 4.02. The van der Waals surface area contributed by atoms with E-state index in [2.05, 4.69) is 67.4 Å². The highest BCUT2D eigenvalue weighted by Crippen LogP contribution is 2.27. The van der Waals surface area contributed by atoms with Gasteiger partial charge in [-0.2, -0.15) is 0 Å². The number of benzene rings is 1. The van der Waals surface area contributed by atoms with E-state index in [0.29, 0.717) is 18.9 Å². The predicted octanol–water partition coefficient (Wildman–Crippen LogP) is 6.77. The first-order valence-electron chi connectivity index (χ1n) is 10.9. The van der Waals surface area contributed by atoms with Crippen LogP contribution in [0, 0.1) is 12.8 Å². The van der Waals surface area contributed by atoms with E-state index in [9.17, 15) is 5.11 Å². The van der Waals surface area contributed by atoms with E-state index in [0.717, 1.165) is 5.57 Å². The molecule has 0 aliphatic heterocycles. The second-order valence-corrected chi connectivity index (χ2v) is 7.20. The van der Waals surface area contributed by atoms with Gasteiger partial charge >= 0.3 is 0 Å². The smallest absolute Gasteiger partial charge is 0.107 e. The third-order valence-electron chi connectivity index (χ3n) is 4.90. The Morgan fingerprint density at radius 2 is 1.93 bits per heavy atom. The first kappa shape index (κ1) is 25.4. The van der Waals surface area contributed by atoms with Gasteiger partial charge in [-0.3, -0.25) is 0 Å². The standard InChI is InChI=1S/C15H20N2O.C10H12.C2H6/c1-3-15(18,11-17-9-8-16-12-17)14-7-5-4-6-13(2)10-14;1-3-6-10-8-5-4-7-9(10)2;1-2/h4-10,12-13,18H,3,11H2,1-2H3;3-8H,1-2H3;1-2H3/b;6-3-;. The zero-order chi connectivity index (χ0) is 22.4. The molecule has 1 aromatic carbocycles. The van der Waals surface area contributed by atoms with Gasteiger partial charge in [0.2, 0.25) is 0 Å². The molecular weight excluding hydrogens is 368 g/mol. The highest BCUT2D eigenvalue weighted by molar-refractivity contribution is 5.52. The maximum absolute atomic E-state index is 10.9. The normalized spacial score (nSPS) is 17.2. The number of rotatable bonds is 5. The lowest BCUT2D eigenvalue weighted by Gasteiger charge is -2.29. The van der Waals surface area contributed by atoms with E-state index in [4.69, 9.17) is 0 Å². The van der Waals surface area contributed by atoms with Gasteiger partial charge in [-0.25, -0.2) is 4.98 Å². The molecule has 2 aromatic rings. The first-order chi connectivity index (χ1) is 14.5. The molecular formula is C27H38N2O. The van der Waals surface area contributed by atoms with Crippen molar-refractivity contribution in [1.82, 2.24) is 9.55 Å². The first-order valence-corrected chi connectivity index (χ1v) is 10.9. The summed E-state index contributed by atoms with van der Waals surface area (Å²) in [6.45, 7) is 12.8. The lowest BCUT2D eigenvalue weighted by molar-refractivity contribution is 0.0587. The second kappa shape index (κ2) is 13.6. The van der Waals surface area contributed by atoms with Crippen molar-refractivity contribution in [2.75, 3.05) is 0 Å². The monoisotopic (exact) mass is 406 g/mol. The van der Waals surface area contributed by atoms with Crippen molar-refractivity contribution in [2.24, 2.45) is 5.92 Å². The van der Waals surface area contributed by atoms with Crippen LogP contribution in [-0.4, -0.2) is 20.3 Å². The number of hydrogen-bond donors (Lipinski definition) is 1. The van der Waals surface area contributed by atoms with Crippen molar-refractivity contribution in [2.45, 2.75) is 60.1 Å². The van der Waals surface area contributed by atoms with E-state index < -0.39 is 5.60 Å². The molecule has 30 heavy (non-hydrogen) atoms. The van der Waals surface area contributed by atoms with Crippen molar-refractivity contribution in [3.8, 4) is 0 Å². The molecule has 0 fully saturated rings. The molecule has 3 rings (SSSR count). The average Bonchev–Trinajstić information content (AvgIpc) is 3.16. The highest BCUT2D eigenvalue weighted by Gasteiger charge is 2.29. The number of aryl methyl sites for hydroxylation is 1. The predicted molar refractivity (Wildman–Crippen MR) is 130 cm³/mol. The van der Waals surface area contributed by atoms with Crippen LogP contribution < -0.4 is 0 Å². The molecule has 2 atom stereocenters. The van der Waals surface area contributed by atoms with E-state index in [1.807, 2.05) is 56.7 Å². The molecule has 0 radical (unpaired) electrons. The summed E-state index contributed by atoms with van der Waals surface area (Å²) in [5, 5.41) is 10.9. The van der Waals surface area contributed by atoms with Gasteiger partial charge in [0.25, 0.3) is 0 Å². The average molecular weight is 407 g/mol. The van der Waals surface area contributed by atoms with E-state index >= 15 is 0 Å². The number of aliphatic hydroxyl groups is 1. The van der Waals surface area contributed by atoms with Gasteiger partial charge in [-0.15, -0.1) is 0 Å². The summed E-state index contributed by atoms with van der Waals surface area (Å²) in [7, 11) is 0. The minimum Gasteiger partial charge on any atom is -0.383 e. The third-order valence-corrected chi connectivity index (χ3v) is 4.90. The molecule has 2 unspecified atom stereocenters. The highest BCUT2D eigenvalue weighted by atomic mass is 16.3. The molecule has 1 aliphatic rings. The molecule has 1 aromatic heterocycles. The topological polar surface area (TPSA) is 38.0 Å². The minimum atomic E-state index is -0.836. The molecule has 0 saturated heterocycles. The van der Waals surface area contributed by atoms with Gasteiger partial charge in [0, 0.05) is 12.4 Å². The zero-order valence-corrected chi connectivity index (χ0v) is 19.4. The molecule has 1 aliphatic carbocycles. The van der Waals surface area contributed by atoms with Crippen molar-refractivity contribution in [3.63, 3.8) is 0 Å². The van der Waals surface area contributed by atoms with E-state index in [1.54, 1.807) is 12.5 Å². The van der Waals surface area contributed by atoms with E-state index in [1.165, 1.54) is 11.1 Å². The Bertz CT molecular complexity index is 844. The van der Waals surface area contributed by atoms with Crippen LogP contribution in [0.4, 0.5) is 0 Å². The zero-order valence-electron chi connectivity index (χ0n) is 19.4. The van der Waals surface area contributed by atoms with Gasteiger partial charge in [-0.1, -0.05) is 94.5 Å². The van der Waals surface area contributed by atoms with Crippen LogP contribution >= 0.6 is 0 Å². The minimum absolute atomic E-state index is 0.343. The molecule has 0 saturated carbocycles. The van der Waals surface area contributed by atoms with Crippen LogP contribution in [0.1, 0.15) is 52.2 Å². The molecule has 3 nitrogen and oxygen atoms in total. The Kier molecular flexibility index (Phi) is 11.5. The Morgan fingerprint density at radius 1 is 1.20 bits per heavy atom. The van der Waals surface area contributed by atoms with Crippen molar-refractivity contribution < 1.29 is 5.11 Å². The van der Waals surface area contributed by atoms with Gasteiger partial charge in [-0.05, 0) is 42.9 Å². The second-order valence-electron chi connectivity index (χ2n) is 7.20. The molecule has 0 amide bonds. The fourth-order valence-corrected chi connectivity index (χ4v) is 3.15. The van der Waals surface area contributed by atoms with Crippen molar-refractivity contribution >= 4 is 6.08 Å². The summed E-state index contributed by atoms with van der Waals surface area (Å²) < 4.78 is 1.92.